The molecule has 1 aromatic rings. The fraction of sp³-hybridized carbons (Fsp3) is 0.562. The van der Waals surface area contributed by atoms with Crippen molar-refractivity contribution in [2.24, 2.45) is 0 Å². The zero-order chi connectivity index (χ0) is 14.8. The van der Waals surface area contributed by atoms with Crippen LogP contribution in [0.4, 0.5) is 0 Å². The molecule has 1 heterocycles. The van der Waals surface area contributed by atoms with Gasteiger partial charge < -0.3 is 4.90 Å². The fourth-order valence-corrected chi connectivity index (χ4v) is 2.81. The van der Waals surface area contributed by atoms with Crippen LogP contribution in [0.2, 0.25) is 0 Å². The van der Waals surface area contributed by atoms with Crippen LogP contribution in [-0.2, 0) is 4.79 Å². The Bertz CT molecular complexity index is 447. The molecule has 1 aliphatic rings. The molecule has 1 aliphatic heterocycles. The lowest BCUT2D eigenvalue weighted by atomic mass is 10.0. The average molecular weight is 295 g/mol. The van der Waals surface area contributed by atoms with Gasteiger partial charge in [-0.05, 0) is 26.3 Å². The summed E-state index contributed by atoms with van der Waals surface area (Å²) in [5.41, 5.74) is 1.03. The van der Waals surface area contributed by atoms with Crippen LogP contribution >= 0.6 is 11.6 Å². The molecule has 1 saturated heterocycles. The van der Waals surface area contributed by atoms with Gasteiger partial charge in [-0.2, -0.15) is 0 Å². The van der Waals surface area contributed by atoms with E-state index in [-0.39, 0.29) is 11.4 Å². The first-order valence-electron chi connectivity index (χ1n) is 7.12. The van der Waals surface area contributed by atoms with Crippen molar-refractivity contribution in [3.05, 3.63) is 35.9 Å². The third kappa shape index (κ3) is 3.53. The van der Waals surface area contributed by atoms with Crippen molar-refractivity contribution in [1.29, 1.82) is 0 Å². The number of alkyl halides is 1. The number of hydrogen-bond donors (Lipinski definition) is 0. The number of amides is 1. The van der Waals surface area contributed by atoms with Crippen LogP contribution in [0.25, 0.3) is 0 Å². The summed E-state index contributed by atoms with van der Waals surface area (Å²) < 4.78 is 0. The van der Waals surface area contributed by atoms with Gasteiger partial charge in [-0.3, -0.25) is 9.69 Å². The first-order valence-corrected chi connectivity index (χ1v) is 7.56. The largest absolute Gasteiger partial charge is 0.339 e. The molecule has 0 saturated carbocycles. The lowest BCUT2D eigenvalue weighted by Gasteiger charge is -2.42. The molecule has 3 nitrogen and oxygen atoms in total. The van der Waals surface area contributed by atoms with Crippen LogP contribution in [0.3, 0.4) is 0 Å². The van der Waals surface area contributed by atoms with E-state index in [0.717, 1.165) is 31.7 Å². The molecule has 0 spiro atoms. The minimum atomic E-state index is -0.572. The second kappa shape index (κ2) is 6.15. The molecular weight excluding hydrogens is 272 g/mol. The number of rotatable bonds is 2. The number of hydrogen-bond acceptors (Lipinski definition) is 2. The van der Waals surface area contributed by atoms with Gasteiger partial charge in [-0.1, -0.05) is 30.3 Å². The quantitative estimate of drug-likeness (QED) is 0.783. The van der Waals surface area contributed by atoms with Gasteiger partial charge in [0.25, 0.3) is 0 Å². The van der Waals surface area contributed by atoms with Crippen molar-refractivity contribution in [3.63, 3.8) is 0 Å². The van der Waals surface area contributed by atoms with E-state index in [2.05, 4.69) is 25.7 Å². The third-order valence-electron chi connectivity index (χ3n) is 3.85. The van der Waals surface area contributed by atoms with Crippen molar-refractivity contribution in [2.75, 3.05) is 26.2 Å². The van der Waals surface area contributed by atoms with Crippen LogP contribution in [-0.4, -0.2) is 47.4 Å². The van der Waals surface area contributed by atoms with Crippen LogP contribution in [0.5, 0.6) is 0 Å². The van der Waals surface area contributed by atoms with E-state index in [1.807, 2.05) is 35.2 Å². The molecule has 0 aliphatic carbocycles. The van der Waals surface area contributed by atoms with Gasteiger partial charge in [-0.25, -0.2) is 0 Å². The summed E-state index contributed by atoms with van der Waals surface area (Å²) in [6.07, 6.45) is 0. The molecule has 0 bridgehead atoms. The molecule has 1 amide bonds. The molecule has 2 rings (SSSR count). The molecule has 4 heteroatoms. The zero-order valence-corrected chi connectivity index (χ0v) is 13.2. The Balaban J connectivity index is 1.95. The minimum absolute atomic E-state index is 0.0198. The van der Waals surface area contributed by atoms with Gasteiger partial charge >= 0.3 is 0 Å². The molecule has 110 valence electrons. The van der Waals surface area contributed by atoms with E-state index in [1.165, 1.54) is 0 Å². The highest BCUT2D eigenvalue weighted by Crippen LogP contribution is 2.24. The summed E-state index contributed by atoms with van der Waals surface area (Å²) in [5.74, 6) is 0.0198. The minimum Gasteiger partial charge on any atom is -0.339 e. The Kier molecular flexibility index (Phi) is 4.71. The fourth-order valence-electron chi connectivity index (χ4n) is 2.52. The van der Waals surface area contributed by atoms with Crippen LogP contribution in [0.15, 0.2) is 30.3 Å². The molecule has 0 N–H and O–H groups in total. The van der Waals surface area contributed by atoms with E-state index < -0.39 is 5.38 Å². The second-order valence-corrected chi connectivity index (χ2v) is 6.69. The van der Waals surface area contributed by atoms with Crippen LogP contribution < -0.4 is 0 Å². The van der Waals surface area contributed by atoms with Crippen molar-refractivity contribution in [1.82, 2.24) is 9.80 Å². The highest BCUT2D eigenvalue weighted by molar-refractivity contribution is 6.30. The summed E-state index contributed by atoms with van der Waals surface area (Å²) in [6.45, 7) is 9.95. The van der Waals surface area contributed by atoms with Crippen molar-refractivity contribution in [2.45, 2.75) is 31.7 Å². The maximum absolute atomic E-state index is 12.4. The predicted octanol–water partition coefficient (Wildman–Crippen LogP) is 2.91. The smallest absolute Gasteiger partial charge is 0.245 e. The first kappa shape index (κ1) is 15.3. The lowest BCUT2D eigenvalue weighted by Crippen LogP contribution is -2.55. The lowest BCUT2D eigenvalue weighted by molar-refractivity contribution is -0.133. The van der Waals surface area contributed by atoms with Crippen LogP contribution in [0.1, 0.15) is 31.7 Å². The van der Waals surface area contributed by atoms with Crippen molar-refractivity contribution >= 4 is 17.5 Å². The monoisotopic (exact) mass is 294 g/mol. The molecule has 1 aromatic carbocycles. The maximum Gasteiger partial charge on any atom is 0.245 e. The summed E-state index contributed by atoms with van der Waals surface area (Å²) in [4.78, 5) is 16.7. The number of benzene rings is 1. The van der Waals surface area contributed by atoms with E-state index in [9.17, 15) is 4.79 Å². The van der Waals surface area contributed by atoms with Crippen LogP contribution in [0, 0.1) is 0 Å². The number of carbonyl (C=O) groups is 1. The Hall–Kier alpha value is -1.06. The van der Waals surface area contributed by atoms with Gasteiger partial charge in [0.1, 0.15) is 5.38 Å². The van der Waals surface area contributed by atoms with Gasteiger partial charge in [0, 0.05) is 31.7 Å². The Morgan fingerprint density at radius 2 is 1.65 bits per heavy atom. The standard InChI is InChI=1S/C16H23ClN2O/c1-16(2,3)19-11-9-18(10-12-19)15(20)14(17)13-7-5-4-6-8-13/h4-8,14H,9-12H2,1-3H3. The number of nitrogens with zero attached hydrogens (tertiary/aromatic N) is 2. The highest BCUT2D eigenvalue weighted by Gasteiger charge is 2.30. The number of halogens is 1. The molecule has 1 atom stereocenters. The Morgan fingerprint density at radius 1 is 1.10 bits per heavy atom. The Labute approximate surface area is 126 Å². The number of carbonyl (C=O) groups excluding carboxylic acids is 1. The van der Waals surface area contributed by atoms with E-state index in [0.29, 0.717) is 0 Å². The van der Waals surface area contributed by atoms with Gasteiger partial charge in [0.15, 0.2) is 0 Å². The molecule has 20 heavy (non-hydrogen) atoms. The van der Waals surface area contributed by atoms with Gasteiger partial charge in [0.2, 0.25) is 5.91 Å². The topological polar surface area (TPSA) is 23.6 Å². The van der Waals surface area contributed by atoms with Gasteiger partial charge in [0.05, 0.1) is 0 Å². The Morgan fingerprint density at radius 3 is 2.15 bits per heavy atom. The average Bonchev–Trinajstić information content (AvgIpc) is 2.46. The van der Waals surface area contributed by atoms with E-state index in [4.69, 9.17) is 11.6 Å². The highest BCUT2D eigenvalue weighted by atomic mass is 35.5. The molecule has 0 aromatic heterocycles. The third-order valence-corrected chi connectivity index (χ3v) is 4.29. The van der Waals surface area contributed by atoms with Crippen molar-refractivity contribution in [3.8, 4) is 0 Å². The molecular formula is C16H23ClN2O. The second-order valence-electron chi connectivity index (χ2n) is 6.26. The summed E-state index contributed by atoms with van der Waals surface area (Å²) in [5, 5.41) is -0.572. The normalized spacial score (nSPS) is 18.9. The zero-order valence-electron chi connectivity index (χ0n) is 12.5. The van der Waals surface area contributed by atoms with E-state index in [1.54, 1.807) is 0 Å². The maximum atomic E-state index is 12.4. The number of piperazine rings is 1. The van der Waals surface area contributed by atoms with Crippen molar-refractivity contribution < 1.29 is 4.79 Å². The van der Waals surface area contributed by atoms with E-state index >= 15 is 0 Å². The SMILES string of the molecule is CC(C)(C)N1CCN(C(=O)C(Cl)c2ccccc2)CC1. The summed E-state index contributed by atoms with van der Waals surface area (Å²) in [6, 6.07) is 9.56. The summed E-state index contributed by atoms with van der Waals surface area (Å²) >= 11 is 6.31. The summed E-state index contributed by atoms with van der Waals surface area (Å²) in [7, 11) is 0. The van der Waals surface area contributed by atoms with Gasteiger partial charge in [-0.15, -0.1) is 11.6 Å². The molecule has 1 unspecified atom stereocenters. The predicted molar refractivity (Wildman–Crippen MR) is 82.9 cm³/mol. The first-order chi connectivity index (χ1) is 9.39. The molecule has 1 fully saturated rings. The molecule has 0 radical (unpaired) electrons.